The number of nitrogens with two attached hydrogens (primary N) is 1. The quantitative estimate of drug-likeness (QED) is 0.797. The third-order valence-corrected chi connectivity index (χ3v) is 5.62. The minimum Gasteiger partial charge on any atom is -0.329 e. The molecule has 2 unspecified atom stereocenters. The normalized spacial score (nSPS) is 35.8. The first-order valence-electron chi connectivity index (χ1n) is 8.34. The first-order chi connectivity index (χ1) is 9.20. The first-order valence-corrected chi connectivity index (χ1v) is 8.34. The van der Waals surface area contributed by atoms with E-state index in [4.69, 9.17) is 5.73 Å². The fraction of sp³-hybridized carbons (Fsp3) is 1.00. The Labute approximate surface area is 119 Å². The van der Waals surface area contributed by atoms with Crippen LogP contribution in [0.4, 0.5) is 0 Å². The van der Waals surface area contributed by atoms with Crippen molar-refractivity contribution in [3.8, 4) is 0 Å². The van der Waals surface area contributed by atoms with Crippen LogP contribution in [0.15, 0.2) is 0 Å². The molecule has 2 N–H and O–H groups in total. The lowest BCUT2D eigenvalue weighted by Crippen LogP contribution is -2.54. The van der Waals surface area contributed by atoms with E-state index < -0.39 is 0 Å². The van der Waals surface area contributed by atoms with Crippen LogP contribution >= 0.6 is 0 Å². The number of hydrogen-bond donors (Lipinski definition) is 1. The van der Waals surface area contributed by atoms with Gasteiger partial charge in [-0.15, -0.1) is 0 Å². The third-order valence-electron chi connectivity index (χ3n) is 5.62. The smallest absolute Gasteiger partial charge is 0.0332 e. The fourth-order valence-corrected chi connectivity index (χ4v) is 4.04. The maximum Gasteiger partial charge on any atom is 0.0332 e. The summed E-state index contributed by atoms with van der Waals surface area (Å²) in [5, 5.41) is 0. The predicted octanol–water partition coefficient (Wildman–Crippen LogP) is 2.31. The molecule has 1 aliphatic carbocycles. The number of likely N-dealkylation sites (N-methyl/N-ethyl adjacent to an activating group) is 1. The van der Waals surface area contributed by atoms with Gasteiger partial charge in [0.25, 0.3) is 0 Å². The van der Waals surface area contributed by atoms with Crippen LogP contribution in [0.2, 0.25) is 0 Å². The molecular formula is C16H33N3. The van der Waals surface area contributed by atoms with Crippen molar-refractivity contribution < 1.29 is 0 Å². The molecule has 1 aliphatic heterocycles. The zero-order chi connectivity index (χ0) is 13.7. The summed E-state index contributed by atoms with van der Waals surface area (Å²) in [6.07, 6.45) is 9.49. The summed E-state index contributed by atoms with van der Waals surface area (Å²) in [6, 6.07) is 0. The zero-order valence-electron chi connectivity index (χ0n) is 13.0. The number of rotatable bonds is 3. The van der Waals surface area contributed by atoms with Gasteiger partial charge in [-0.1, -0.05) is 26.2 Å². The summed E-state index contributed by atoms with van der Waals surface area (Å²) >= 11 is 0. The molecule has 0 aromatic heterocycles. The van der Waals surface area contributed by atoms with Crippen molar-refractivity contribution in [3.63, 3.8) is 0 Å². The maximum absolute atomic E-state index is 6.26. The first kappa shape index (κ1) is 15.3. The van der Waals surface area contributed by atoms with Crippen molar-refractivity contribution in [1.29, 1.82) is 0 Å². The number of hydrogen-bond acceptors (Lipinski definition) is 3. The monoisotopic (exact) mass is 267 g/mol. The van der Waals surface area contributed by atoms with E-state index in [9.17, 15) is 0 Å². The van der Waals surface area contributed by atoms with Crippen LogP contribution in [-0.4, -0.2) is 55.1 Å². The summed E-state index contributed by atoms with van der Waals surface area (Å²) in [5.74, 6) is 0.947. The van der Waals surface area contributed by atoms with Crippen molar-refractivity contribution in [2.45, 2.75) is 57.4 Å². The Kier molecular flexibility index (Phi) is 5.67. The molecule has 1 saturated carbocycles. The van der Waals surface area contributed by atoms with Crippen LogP contribution in [-0.2, 0) is 0 Å². The van der Waals surface area contributed by atoms with Crippen LogP contribution in [0, 0.1) is 5.92 Å². The van der Waals surface area contributed by atoms with Crippen molar-refractivity contribution in [2.75, 3.05) is 39.8 Å². The van der Waals surface area contributed by atoms with Gasteiger partial charge >= 0.3 is 0 Å². The Hall–Kier alpha value is -0.120. The molecule has 0 spiro atoms. The summed E-state index contributed by atoms with van der Waals surface area (Å²) < 4.78 is 0. The highest BCUT2D eigenvalue weighted by atomic mass is 15.3. The zero-order valence-corrected chi connectivity index (χ0v) is 13.0. The molecule has 3 nitrogen and oxygen atoms in total. The average molecular weight is 267 g/mol. The van der Waals surface area contributed by atoms with E-state index in [0.717, 1.165) is 12.5 Å². The maximum atomic E-state index is 6.26. The van der Waals surface area contributed by atoms with Gasteiger partial charge in [-0.3, -0.25) is 4.90 Å². The van der Waals surface area contributed by atoms with Gasteiger partial charge in [-0.2, -0.15) is 0 Å². The Morgan fingerprint density at radius 2 is 1.89 bits per heavy atom. The van der Waals surface area contributed by atoms with Gasteiger partial charge in [-0.05, 0) is 45.2 Å². The van der Waals surface area contributed by atoms with Crippen LogP contribution in [0.1, 0.15) is 51.9 Å². The molecule has 112 valence electrons. The molecule has 2 fully saturated rings. The molecule has 0 amide bonds. The lowest BCUT2D eigenvalue weighted by atomic mass is 9.87. The Bertz CT molecular complexity index is 269. The van der Waals surface area contributed by atoms with E-state index in [0.29, 0.717) is 5.54 Å². The van der Waals surface area contributed by atoms with Crippen LogP contribution < -0.4 is 5.73 Å². The highest BCUT2D eigenvalue weighted by Gasteiger charge is 2.37. The standard InChI is InChI=1S/C16H33N3/c1-3-15-6-4-8-16(14-17,9-7-15)19-11-5-10-18(2)12-13-19/h15H,3-14,17H2,1-2H3. The lowest BCUT2D eigenvalue weighted by molar-refractivity contribution is 0.0812. The Balaban J connectivity index is 2.03. The van der Waals surface area contributed by atoms with Gasteiger partial charge in [0.1, 0.15) is 0 Å². The molecule has 3 heteroatoms. The molecule has 1 heterocycles. The van der Waals surface area contributed by atoms with E-state index in [2.05, 4.69) is 23.8 Å². The predicted molar refractivity (Wildman–Crippen MR) is 82.3 cm³/mol. The summed E-state index contributed by atoms with van der Waals surface area (Å²) in [4.78, 5) is 5.21. The molecule has 1 saturated heterocycles. The van der Waals surface area contributed by atoms with Gasteiger partial charge in [0, 0.05) is 31.7 Å². The van der Waals surface area contributed by atoms with Gasteiger partial charge in [0.05, 0.1) is 0 Å². The molecular weight excluding hydrogens is 234 g/mol. The highest BCUT2D eigenvalue weighted by molar-refractivity contribution is 4.95. The molecule has 0 aromatic rings. The molecule has 0 aromatic carbocycles. The summed E-state index contributed by atoms with van der Waals surface area (Å²) in [5.41, 5.74) is 6.57. The van der Waals surface area contributed by atoms with E-state index in [1.807, 2.05) is 0 Å². The van der Waals surface area contributed by atoms with Crippen molar-refractivity contribution in [2.24, 2.45) is 11.7 Å². The average Bonchev–Trinajstić information content (AvgIpc) is 2.77. The van der Waals surface area contributed by atoms with Crippen molar-refractivity contribution >= 4 is 0 Å². The van der Waals surface area contributed by atoms with E-state index in [1.165, 1.54) is 71.1 Å². The molecule has 0 radical (unpaired) electrons. The Morgan fingerprint density at radius 3 is 2.63 bits per heavy atom. The summed E-state index contributed by atoms with van der Waals surface area (Å²) in [7, 11) is 2.25. The van der Waals surface area contributed by atoms with E-state index in [1.54, 1.807) is 0 Å². The van der Waals surface area contributed by atoms with E-state index >= 15 is 0 Å². The molecule has 19 heavy (non-hydrogen) atoms. The SMILES string of the molecule is CCC1CCCC(CN)(N2CCCN(C)CC2)CC1. The summed E-state index contributed by atoms with van der Waals surface area (Å²) in [6.45, 7) is 8.12. The topological polar surface area (TPSA) is 32.5 Å². The largest absolute Gasteiger partial charge is 0.329 e. The Morgan fingerprint density at radius 1 is 1.05 bits per heavy atom. The second-order valence-corrected chi connectivity index (χ2v) is 6.78. The molecule has 2 rings (SSSR count). The second-order valence-electron chi connectivity index (χ2n) is 6.78. The minimum atomic E-state index is 0.315. The van der Waals surface area contributed by atoms with E-state index in [-0.39, 0.29) is 0 Å². The highest BCUT2D eigenvalue weighted by Crippen LogP contribution is 2.35. The van der Waals surface area contributed by atoms with Crippen LogP contribution in [0.3, 0.4) is 0 Å². The molecule has 0 bridgehead atoms. The second kappa shape index (κ2) is 7.05. The molecule has 2 atom stereocenters. The third kappa shape index (κ3) is 3.71. The van der Waals surface area contributed by atoms with Gasteiger partial charge in [0.2, 0.25) is 0 Å². The lowest BCUT2D eigenvalue weighted by Gasteiger charge is -2.43. The van der Waals surface area contributed by atoms with Crippen molar-refractivity contribution in [1.82, 2.24) is 9.80 Å². The molecule has 2 aliphatic rings. The minimum absolute atomic E-state index is 0.315. The van der Waals surface area contributed by atoms with Crippen molar-refractivity contribution in [3.05, 3.63) is 0 Å². The number of nitrogens with zero attached hydrogens (tertiary/aromatic N) is 2. The van der Waals surface area contributed by atoms with Crippen LogP contribution in [0.5, 0.6) is 0 Å². The van der Waals surface area contributed by atoms with Gasteiger partial charge in [-0.25, -0.2) is 0 Å². The van der Waals surface area contributed by atoms with Crippen LogP contribution in [0.25, 0.3) is 0 Å². The van der Waals surface area contributed by atoms with Gasteiger partial charge in [0.15, 0.2) is 0 Å². The fourth-order valence-electron chi connectivity index (χ4n) is 4.04. The van der Waals surface area contributed by atoms with Gasteiger partial charge < -0.3 is 10.6 Å².